The van der Waals surface area contributed by atoms with Crippen molar-refractivity contribution < 1.29 is 0 Å². The third-order valence-corrected chi connectivity index (χ3v) is 2.27. The molecule has 1 rings (SSSR count). The first-order valence-corrected chi connectivity index (χ1v) is 4.70. The Morgan fingerprint density at radius 1 is 1.46 bits per heavy atom. The average Bonchev–Trinajstić information content (AvgIpc) is 2.03. The smallest absolute Gasteiger partial charge is 0.130 e. The average molecular weight is 200 g/mol. The zero-order valence-electron chi connectivity index (χ0n) is 8.13. The van der Waals surface area contributed by atoms with Crippen molar-refractivity contribution in [3.63, 3.8) is 0 Å². The van der Waals surface area contributed by atoms with E-state index < -0.39 is 0 Å². The van der Waals surface area contributed by atoms with E-state index in [1.54, 1.807) is 6.33 Å². The van der Waals surface area contributed by atoms with E-state index in [4.69, 9.17) is 11.6 Å². The molecule has 4 heteroatoms. The van der Waals surface area contributed by atoms with Crippen molar-refractivity contribution in [1.29, 1.82) is 0 Å². The van der Waals surface area contributed by atoms with Crippen LogP contribution in [0.3, 0.4) is 0 Å². The topological polar surface area (TPSA) is 37.8 Å². The molecule has 1 heterocycles. The Balaban J connectivity index is 2.74. The van der Waals surface area contributed by atoms with Crippen molar-refractivity contribution in [2.24, 2.45) is 0 Å². The van der Waals surface area contributed by atoms with E-state index in [1.807, 2.05) is 26.8 Å². The molecule has 0 radical (unpaired) electrons. The number of halogens is 1. The summed E-state index contributed by atoms with van der Waals surface area (Å²) in [5.74, 6) is 1.36. The molecule has 0 aliphatic heterocycles. The molecule has 1 aromatic heterocycles. The van der Waals surface area contributed by atoms with Gasteiger partial charge in [0.2, 0.25) is 0 Å². The molecule has 13 heavy (non-hydrogen) atoms. The van der Waals surface area contributed by atoms with E-state index in [1.165, 1.54) is 0 Å². The molecule has 0 aromatic carbocycles. The predicted molar refractivity (Wildman–Crippen MR) is 55.2 cm³/mol. The van der Waals surface area contributed by atoms with E-state index in [9.17, 15) is 0 Å². The predicted octanol–water partition coefficient (Wildman–Crippen LogP) is 2.21. The first-order chi connectivity index (χ1) is 6.03. The normalized spacial score (nSPS) is 11.4. The van der Waals surface area contributed by atoms with Gasteiger partial charge in [0.25, 0.3) is 0 Å². The summed E-state index contributed by atoms with van der Waals surface area (Å²) >= 11 is 5.78. The second-order valence-electron chi connectivity index (χ2n) is 3.69. The summed E-state index contributed by atoms with van der Waals surface area (Å²) in [7, 11) is 0. The molecule has 0 amide bonds. The highest BCUT2D eigenvalue weighted by molar-refractivity contribution is 6.18. The van der Waals surface area contributed by atoms with Gasteiger partial charge in [-0.15, -0.1) is 11.6 Å². The lowest BCUT2D eigenvalue weighted by atomic mass is 10.1. The van der Waals surface area contributed by atoms with E-state index in [2.05, 4.69) is 15.3 Å². The van der Waals surface area contributed by atoms with Crippen molar-refractivity contribution >= 4 is 17.4 Å². The van der Waals surface area contributed by atoms with Crippen LogP contribution in [0.1, 0.15) is 19.5 Å². The molecule has 0 fully saturated rings. The number of hydrogen-bond donors (Lipinski definition) is 1. The summed E-state index contributed by atoms with van der Waals surface area (Å²) < 4.78 is 0. The maximum atomic E-state index is 5.78. The highest BCUT2D eigenvalue weighted by Gasteiger charge is 2.15. The molecule has 0 spiro atoms. The van der Waals surface area contributed by atoms with Crippen LogP contribution < -0.4 is 5.32 Å². The van der Waals surface area contributed by atoms with Crippen LogP contribution in [-0.2, 0) is 0 Å². The number of alkyl halides is 1. The minimum absolute atomic E-state index is 0.137. The number of aryl methyl sites for hydroxylation is 1. The molecule has 0 saturated heterocycles. The number of nitrogens with one attached hydrogen (secondary N) is 1. The molecule has 0 bridgehead atoms. The van der Waals surface area contributed by atoms with Gasteiger partial charge in [-0.3, -0.25) is 0 Å². The standard InChI is InChI=1S/C9H14ClN3/c1-7-4-8(12-6-11-7)13-9(2,3)5-10/h4,6H,5H2,1-3H3,(H,11,12,13). The molecule has 0 unspecified atom stereocenters. The van der Waals surface area contributed by atoms with Gasteiger partial charge in [-0.1, -0.05) is 0 Å². The van der Waals surface area contributed by atoms with Gasteiger partial charge in [0.15, 0.2) is 0 Å². The second kappa shape index (κ2) is 3.92. The maximum absolute atomic E-state index is 5.78. The zero-order valence-corrected chi connectivity index (χ0v) is 8.89. The van der Waals surface area contributed by atoms with Gasteiger partial charge in [0.05, 0.1) is 0 Å². The summed E-state index contributed by atoms with van der Waals surface area (Å²) in [6.45, 7) is 5.98. The van der Waals surface area contributed by atoms with Gasteiger partial charge < -0.3 is 5.32 Å². The molecule has 0 aliphatic rings. The quantitative estimate of drug-likeness (QED) is 0.759. The third kappa shape index (κ3) is 3.19. The number of aromatic nitrogens is 2. The molecule has 72 valence electrons. The highest BCUT2D eigenvalue weighted by Crippen LogP contribution is 2.13. The van der Waals surface area contributed by atoms with Crippen molar-refractivity contribution in [1.82, 2.24) is 9.97 Å². The van der Waals surface area contributed by atoms with Gasteiger partial charge in [0.1, 0.15) is 12.1 Å². The van der Waals surface area contributed by atoms with Gasteiger partial charge >= 0.3 is 0 Å². The van der Waals surface area contributed by atoms with E-state index in [-0.39, 0.29) is 5.54 Å². The first-order valence-electron chi connectivity index (χ1n) is 4.16. The van der Waals surface area contributed by atoms with Gasteiger partial charge in [0, 0.05) is 23.2 Å². The van der Waals surface area contributed by atoms with Gasteiger partial charge in [-0.25, -0.2) is 9.97 Å². The van der Waals surface area contributed by atoms with Crippen LogP contribution in [0.4, 0.5) is 5.82 Å². The van der Waals surface area contributed by atoms with E-state index >= 15 is 0 Å². The van der Waals surface area contributed by atoms with Crippen LogP contribution in [0.5, 0.6) is 0 Å². The Morgan fingerprint density at radius 2 is 2.15 bits per heavy atom. The lowest BCUT2D eigenvalue weighted by Gasteiger charge is -2.23. The van der Waals surface area contributed by atoms with Crippen LogP contribution in [0.2, 0.25) is 0 Å². The maximum Gasteiger partial charge on any atom is 0.130 e. The minimum Gasteiger partial charge on any atom is -0.364 e. The minimum atomic E-state index is -0.137. The molecule has 0 aliphatic carbocycles. The Kier molecular flexibility index (Phi) is 3.09. The molecule has 3 nitrogen and oxygen atoms in total. The first kappa shape index (κ1) is 10.3. The summed E-state index contributed by atoms with van der Waals surface area (Å²) in [6, 6.07) is 1.90. The molecule has 0 atom stereocenters. The summed E-state index contributed by atoms with van der Waals surface area (Å²) in [5, 5.41) is 3.23. The van der Waals surface area contributed by atoms with Crippen molar-refractivity contribution in [3.05, 3.63) is 18.1 Å². The summed E-state index contributed by atoms with van der Waals surface area (Å²) in [6.07, 6.45) is 1.54. The van der Waals surface area contributed by atoms with Crippen molar-refractivity contribution in [3.8, 4) is 0 Å². The van der Waals surface area contributed by atoms with E-state index in [0.29, 0.717) is 5.88 Å². The Bertz CT molecular complexity index is 286. The van der Waals surface area contributed by atoms with Crippen LogP contribution in [0, 0.1) is 6.92 Å². The van der Waals surface area contributed by atoms with Crippen LogP contribution in [-0.4, -0.2) is 21.4 Å². The van der Waals surface area contributed by atoms with Crippen LogP contribution >= 0.6 is 11.6 Å². The monoisotopic (exact) mass is 199 g/mol. The SMILES string of the molecule is Cc1cc(NC(C)(C)CCl)ncn1. The summed E-state index contributed by atoms with van der Waals surface area (Å²) in [4.78, 5) is 8.10. The molecular weight excluding hydrogens is 186 g/mol. The Labute approximate surface area is 83.5 Å². The fourth-order valence-corrected chi connectivity index (χ4v) is 0.970. The molecule has 0 saturated carbocycles. The molecule has 1 aromatic rings. The lowest BCUT2D eigenvalue weighted by molar-refractivity contribution is 0.637. The van der Waals surface area contributed by atoms with Crippen LogP contribution in [0.15, 0.2) is 12.4 Å². The number of hydrogen-bond acceptors (Lipinski definition) is 3. The summed E-state index contributed by atoms with van der Waals surface area (Å²) in [5.41, 5.74) is 0.811. The number of rotatable bonds is 3. The van der Waals surface area contributed by atoms with Crippen LogP contribution in [0.25, 0.3) is 0 Å². The number of nitrogens with zero attached hydrogens (tertiary/aromatic N) is 2. The zero-order chi connectivity index (χ0) is 9.90. The fraction of sp³-hybridized carbons (Fsp3) is 0.556. The van der Waals surface area contributed by atoms with Crippen molar-refractivity contribution in [2.75, 3.05) is 11.2 Å². The van der Waals surface area contributed by atoms with E-state index in [0.717, 1.165) is 11.5 Å². The van der Waals surface area contributed by atoms with Crippen molar-refractivity contribution in [2.45, 2.75) is 26.3 Å². The number of anilines is 1. The molecule has 1 N–H and O–H groups in total. The van der Waals surface area contributed by atoms with Gasteiger partial charge in [-0.2, -0.15) is 0 Å². The largest absolute Gasteiger partial charge is 0.364 e. The Hall–Kier alpha value is -0.830. The lowest BCUT2D eigenvalue weighted by Crippen LogP contribution is -2.33. The Morgan fingerprint density at radius 3 is 2.69 bits per heavy atom. The highest BCUT2D eigenvalue weighted by atomic mass is 35.5. The second-order valence-corrected chi connectivity index (χ2v) is 3.95. The third-order valence-electron chi connectivity index (χ3n) is 1.60. The molecular formula is C9H14ClN3. The fourth-order valence-electron chi connectivity index (χ4n) is 0.903. The van der Waals surface area contributed by atoms with Gasteiger partial charge in [-0.05, 0) is 20.8 Å².